The van der Waals surface area contributed by atoms with Crippen molar-refractivity contribution in [2.45, 2.75) is 31.1 Å². The molecule has 1 aliphatic heterocycles. The second-order valence-corrected chi connectivity index (χ2v) is 8.90. The van der Waals surface area contributed by atoms with E-state index in [9.17, 15) is 20.2 Å². The molecule has 1 aliphatic rings. The van der Waals surface area contributed by atoms with Crippen LogP contribution in [0, 0.1) is 20.2 Å². The van der Waals surface area contributed by atoms with Crippen LogP contribution < -0.4 is 0 Å². The number of benzene rings is 2. The first kappa shape index (κ1) is 26.2. The van der Waals surface area contributed by atoms with E-state index in [1.165, 1.54) is 43.5 Å². The Labute approximate surface area is 220 Å². The third-order valence-electron chi connectivity index (χ3n) is 5.72. The van der Waals surface area contributed by atoms with Crippen molar-refractivity contribution in [1.29, 1.82) is 0 Å². The molecule has 0 N–H and O–H groups in total. The summed E-state index contributed by atoms with van der Waals surface area (Å²) >= 11 is 3.25. The van der Waals surface area contributed by atoms with Gasteiger partial charge < -0.3 is 8.83 Å². The Morgan fingerprint density at radius 2 is 1.22 bits per heavy atom. The van der Waals surface area contributed by atoms with E-state index >= 15 is 0 Å². The smallest absolute Gasteiger partial charge is 0.269 e. The third-order valence-corrected chi connectivity index (χ3v) is 6.27. The van der Waals surface area contributed by atoms with Gasteiger partial charge in [0.25, 0.3) is 11.4 Å². The molecular formula is C25H24BrN5O6. The highest BCUT2D eigenvalue weighted by atomic mass is 79.9. The molecule has 0 saturated carbocycles. The van der Waals surface area contributed by atoms with Gasteiger partial charge in [-0.05, 0) is 50.2 Å². The minimum absolute atomic E-state index is 0.0519. The largest absolute Gasteiger partial charge is 0.440 e. The SMILES string of the molecule is O=[N+]([O-])c1ccc(-c2ncc(CBr)o2)cc1.O=[N+]([O-])c1ccc(-c2ncc(CN3CCCCC3)o2)cc1. The molecular weight excluding hydrogens is 546 g/mol. The number of nitro groups is 2. The molecule has 192 valence electrons. The van der Waals surface area contributed by atoms with Gasteiger partial charge in [0.15, 0.2) is 0 Å². The van der Waals surface area contributed by atoms with Crippen molar-refractivity contribution in [2.24, 2.45) is 0 Å². The average Bonchev–Trinajstić information content (AvgIpc) is 3.60. The first-order chi connectivity index (χ1) is 17.9. The van der Waals surface area contributed by atoms with Crippen LogP contribution in [0.4, 0.5) is 11.4 Å². The summed E-state index contributed by atoms with van der Waals surface area (Å²) in [5.41, 5.74) is 1.60. The number of nitro benzene ring substituents is 2. The molecule has 0 atom stereocenters. The fraction of sp³-hybridized carbons (Fsp3) is 0.280. The molecule has 3 heterocycles. The topological polar surface area (TPSA) is 142 Å². The van der Waals surface area contributed by atoms with Gasteiger partial charge in [0.1, 0.15) is 11.5 Å². The molecule has 11 nitrogen and oxygen atoms in total. The van der Waals surface area contributed by atoms with E-state index in [1.54, 1.807) is 36.7 Å². The Balaban J connectivity index is 0.000000180. The van der Waals surface area contributed by atoms with Crippen LogP contribution in [0.25, 0.3) is 22.9 Å². The molecule has 1 fully saturated rings. The maximum atomic E-state index is 10.6. The van der Waals surface area contributed by atoms with Crippen LogP contribution in [0.2, 0.25) is 0 Å². The zero-order chi connectivity index (χ0) is 26.2. The highest BCUT2D eigenvalue weighted by Crippen LogP contribution is 2.24. The predicted molar refractivity (Wildman–Crippen MR) is 139 cm³/mol. The first-order valence-corrected chi connectivity index (χ1v) is 12.7. The number of hydrogen-bond donors (Lipinski definition) is 0. The Bertz CT molecular complexity index is 1330. The summed E-state index contributed by atoms with van der Waals surface area (Å²) in [6, 6.07) is 12.3. The molecule has 0 bridgehead atoms. The molecule has 0 radical (unpaired) electrons. The maximum Gasteiger partial charge on any atom is 0.269 e. The van der Waals surface area contributed by atoms with Gasteiger partial charge in [0.05, 0.1) is 34.1 Å². The Morgan fingerprint density at radius 3 is 1.65 bits per heavy atom. The van der Waals surface area contributed by atoms with E-state index in [0.29, 0.717) is 22.9 Å². The van der Waals surface area contributed by atoms with Gasteiger partial charge in [-0.1, -0.05) is 22.4 Å². The van der Waals surface area contributed by atoms with Crippen LogP contribution in [-0.4, -0.2) is 37.8 Å². The number of likely N-dealkylation sites (tertiary alicyclic amines) is 1. The van der Waals surface area contributed by atoms with Crippen molar-refractivity contribution >= 4 is 27.3 Å². The third kappa shape index (κ3) is 7.08. The Morgan fingerprint density at radius 1 is 0.757 bits per heavy atom. The minimum atomic E-state index is -0.441. The summed E-state index contributed by atoms with van der Waals surface area (Å²) in [5, 5.41) is 21.7. The highest BCUT2D eigenvalue weighted by Gasteiger charge is 2.14. The van der Waals surface area contributed by atoms with Gasteiger partial charge in [-0.2, -0.15) is 0 Å². The number of halogens is 1. The number of nitrogens with zero attached hydrogens (tertiary/aromatic N) is 5. The molecule has 2 aromatic carbocycles. The molecule has 0 spiro atoms. The number of alkyl halides is 1. The summed E-state index contributed by atoms with van der Waals surface area (Å²) in [7, 11) is 0. The molecule has 4 aromatic rings. The molecule has 37 heavy (non-hydrogen) atoms. The van der Waals surface area contributed by atoms with Crippen LogP contribution in [0.15, 0.2) is 69.8 Å². The van der Waals surface area contributed by atoms with Crippen molar-refractivity contribution in [3.8, 4) is 22.9 Å². The molecule has 12 heteroatoms. The summed E-state index contributed by atoms with van der Waals surface area (Å²) in [6.45, 7) is 2.99. The fourth-order valence-corrected chi connectivity index (χ4v) is 4.07. The quantitative estimate of drug-likeness (QED) is 0.141. The molecule has 1 saturated heterocycles. The average molecular weight is 570 g/mol. The Kier molecular flexibility index (Phi) is 8.75. The predicted octanol–water partition coefficient (Wildman–Crippen LogP) is 6.38. The van der Waals surface area contributed by atoms with Crippen LogP contribution in [0.3, 0.4) is 0 Å². The standard InChI is InChI=1S/C15H17N3O3.C10H7BrN2O3/c19-18(20)13-6-4-12(5-7-13)15-16-10-14(21-15)11-17-8-2-1-3-9-17;11-5-9-6-12-10(16-9)7-1-3-8(4-2-7)13(14)15/h4-7,10H,1-3,8-9,11H2;1-4,6H,5H2. The maximum absolute atomic E-state index is 10.6. The molecule has 0 unspecified atom stereocenters. The number of non-ortho nitro benzene ring substituents is 2. The zero-order valence-corrected chi connectivity index (χ0v) is 21.4. The van der Waals surface area contributed by atoms with Crippen LogP contribution in [-0.2, 0) is 11.9 Å². The van der Waals surface area contributed by atoms with E-state index < -0.39 is 9.85 Å². The van der Waals surface area contributed by atoms with E-state index in [1.807, 2.05) is 0 Å². The zero-order valence-electron chi connectivity index (χ0n) is 19.8. The number of piperidine rings is 1. The lowest BCUT2D eigenvalue weighted by Crippen LogP contribution is -2.28. The number of aromatic nitrogens is 2. The van der Waals surface area contributed by atoms with Gasteiger partial charge in [0.2, 0.25) is 11.8 Å². The van der Waals surface area contributed by atoms with Crippen LogP contribution in [0.5, 0.6) is 0 Å². The summed E-state index contributed by atoms with van der Waals surface area (Å²) in [4.78, 5) is 30.9. The molecule has 0 aliphatic carbocycles. The van der Waals surface area contributed by atoms with Crippen LogP contribution >= 0.6 is 15.9 Å². The summed E-state index contributed by atoms with van der Waals surface area (Å²) in [5.74, 6) is 2.53. The van der Waals surface area contributed by atoms with Gasteiger partial charge in [0, 0.05) is 35.4 Å². The van der Waals surface area contributed by atoms with Crippen molar-refractivity contribution in [1.82, 2.24) is 14.9 Å². The van der Waals surface area contributed by atoms with Crippen molar-refractivity contribution in [3.05, 3.63) is 92.7 Å². The van der Waals surface area contributed by atoms with E-state index in [4.69, 9.17) is 8.83 Å². The Hall–Kier alpha value is -3.90. The van der Waals surface area contributed by atoms with E-state index in [0.717, 1.165) is 36.5 Å². The first-order valence-electron chi connectivity index (χ1n) is 11.6. The van der Waals surface area contributed by atoms with Gasteiger partial charge in [-0.3, -0.25) is 25.1 Å². The molecule has 2 aromatic heterocycles. The minimum Gasteiger partial charge on any atom is -0.440 e. The van der Waals surface area contributed by atoms with Crippen molar-refractivity contribution < 1.29 is 18.7 Å². The second kappa shape index (κ2) is 12.4. The van der Waals surface area contributed by atoms with Crippen molar-refractivity contribution in [2.75, 3.05) is 13.1 Å². The lowest BCUT2D eigenvalue weighted by molar-refractivity contribution is -0.385. The number of rotatable bonds is 7. The summed E-state index contributed by atoms with van der Waals surface area (Å²) in [6.07, 6.45) is 7.14. The van der Waals surface area contributed by atoms with Crippen molar-refractivity contribution in [3.63, 3.8) is 0 Å². The lowest BCUT2D eigenvalue weighted by atomic mass is 10.1. The summed E-state index contributed by atoms with van der Waals surface area (Å²) < 4.78 is 11.1. The van der Waals surface area contributed by atoms with E-state index in [2.05, 4.69) is 30.8 Å². The molecule has 0 amide bonds. The highest BCUT2D eigenvalue weighted by molar-refractivity contribution is 9.08. The number of oxazole rings is 2. The monoisotopic (exact) mass is 569 g/mol. The van der Waals surface area contributed by atoms with Gasteiger partial charge >= 0.3 is 0 Å². The van der Waals surface area contributed by atoms with Gasteiger partial charge in [-0.15, -0.1) is 0 Å². The molecule has 5 rings (SSSR count). The van der Waals surface area contributed by atoms with Crippen LogP contribution in [0.1, 0.15) is 30.8 Å². The normalized spacial score (nSPS) is 13.5. The van der Waals surface area contributed by atoms with Gasteiger partial charge in [-0.25, -0.2) is 9.97 Å². The fourth-order valence-electron chi connectivity index (χ4n) is 3.81. The lowest BCUT2D eigenvalue weighted by Gasteiger charge is -2.24. The number of hydrogen-bond acceptors (Lipinski definition) is 9. The second-order valence-electron chi connectivity index (χ2n) is 8.34. The van der Waals surface area contributed by atoms with E-state index in [-0.39, 0.29) is 11.4 Å².